The maximum atomic E-state index is 12.8. The monoisotopic (exact) mass is 636 g/mol. The number of likely N-dealkylation sites (N-methyl/N-ethyl adjacent to an activating group) is 1. The fraction of sp³-hybridized carbons (Fsp3) is 0.231. The highest BCUT2D eigenvalue weighted by Crippen LogP contribution is 2.33. The first-order chi connectivity index (χ1) is 23.5. The van der Waals surface area contributed by atoms with Crippen LogP contribution in [0.5, 0.6) is 0 Å². The summed E-state index contributed by atoms with van der Waals surface area (Å²) in [5.41, 5.74) is 7.94. The van der Waals surface area contributed by atoms with E-state index in [0.29, 0.717) is 24.1 Å². The Morgan fingerprint density at radius 3 is 2.54 bits per heavy atom. The van der Waals surface area contributed by atoms with Crippen molar-refractivity contribution in [2.75, 3.05) is 44.4 Å². The molecule has 0 spiro atoms. The van der Waals surface area contributed by atoms with Gasteiger partial charge in [0.15, 0.2) is 0 Å². The molecule has 1 fully saturated rings. The molecule has 1 amide bonds. The molecule has 4 heterocycles. The van der Waals surface area contributed by atoms with Gasteiger partial charge in [-0.2, -0.15) is 0 Å². The number of likely N-dealkylation sites (tertiary alicyclic amines) is 1. The smallest absolute Gasteiger partial charge is 0.228 e. The summed E-state index contributed by atoms with van der Waals surface area (Å²) in [6.45, 7) is 3.33. The zero-order valence-corrected chi connectivity index (χ0v) is 27.4. The lowest BCUT2D eigenvalue weighted by Crippen LogP contribution is -2.32. The lowest BCUT2D eigenvalue weighted by atomic mass is 10.1. The topological polar surface area (TPSA) is 90.7 Å². The number of nitrogens with one attached hydrogen (secondary N) is 2. The van der Waals surface area contributed by atoms with Crippen molar-refractivity contribution in [3.63, 3.8) is 0 Å². The van der Waals surface area contributed by atoms with Gasteiger partial charge in [0.1, 0.15) is 5.65 Å². The second kappa shape index (κ2) is 14.2. The van der Waals surface area contributed by atoms with Crippen LogP contribution < -0.4 is 10.6 Å². The summed E-state index contributed by atoms with van der Waals surface area (Å²) in [7, 11) is 4.34. The molecular formula is C39H40N8O. The molecule has 9 heteroatoms. The molecule has 0 bridgehead atoms. The minimum Gasteiger partial charge on any atom is -0.326 e. The molecule has 1 aliphatic heterocycles. The molecule has 1 unspecified atom stereocenters. The third-order valence-electron chi connectivity index (χ3n) is 8.93. The van der Waals surface area contributed by atoms with Crippen molar-refractivity contribution in [1.82, 2.24) is 29.2 Å². The van der Waals surface area contributed by atoms with Gasteiger partial charge in [-0.15, -0.1) is 0 Å². The van der Waals surface area contributed by atoms with Gasteiger partial charge in [-0.3, -0.25) is 9.20 Å². The van der Waals surface area contributed by atoms with E-state index in [1.165, 1.54) is 12.0 Å². The number of carbonyl (C=O) groups excluding carboxylic acids is 1. The molecule has 1 aliphatic rings. The predicted molar refractivity (Wildman–Crippen MR) is 192 cm³/mol. The van der Waals surface area contributed by atoms with Crippen LogP contribution in [0, 0.1) is 0 Å². The quantitative estimate of drug-likeness (QED) is 0.166. The van der Waals surface area contributed by atoms with Gasteiger partial charge in [-0.05, 0) is 87.1 Å². The second-order valence-corrected chi connectivity index (χ2v) is 12.6. The van der Waals surface area contributed by atoms with E-state index in [4.69, 9.17) is 9.97 Å². The van der Waals surface area contributed by atoms with Gasteiger partial charge in [0, 0.05) is 48.5 Å². The molecule has 0 radical (unpaired) electrons. The van der Waals surface area contributed by atoms with E-state index in [1.54, 1.807) is 6.20 Å². The van der Waals surface area contributed by atoms with Crippen LogP contribution in [-0.4, -0.2) is 74.8 Å². The van der Waals surface area contributed by atoms with E-state index in [1.807, 2.05) is 89.5 Å². The molecule has 7 rings (SSSR count). The van der Waals surface area contributed by atoms with Crippen molar-refractivity contribution >= 4 is 28.9 Å². The average molecular weight is 637 g/mol. The molecule has 2 N–H and O–H groups in total. The van der Waals surface area contributed by atoms with Crippen molar-refractivity contribution in [3.05, 3.63) is 127 Å². The van der Waals surface area contributed by atoms with Gasteiger partial charge in [0.2, 0.25) is 11.9 Å². The van der Waals surface area contributed by atoms with Crippen LogP contribution >= 0.6 is 0 Å². The van der Waals surface area contributed by atoms with E-state index >= 15 is 0 Å². The van der Waals surface area contributed by atoms with Gasteiger partial charge in [0.25, 0.3) is 0 Å². The largest absolute Gasteiger partial charge is 0.326 e. The number of imidazole rings is 1. The SMILES string of the molecule is CN(C)C1CCN(CCc2cccc(Nc3nccc(-c4c(-c5cccc(NC(=O)Cc6ccccc6)c5)nc5ccccn45)n3)c2)C1. The Balaban J connectivity index is 1.11. The van der Waals surface area contributed by atoms with E-state index in [9.17, 15) is 4.79 Å². The van der Waals surface area contributed by atoms with E-state index < -0.39 is 0 Å². The van der Waals surface area contributed by atoms with Gasteiger partial charge in [-0.25, -0.2) is 15.0 Å². The molecule has 0 saturated carbocycles. The highest BCUT2D eigenvalue weighted by atomic mass is 16.1. The number of carbonyl (C=O) groups is 1. The Labute approximate surface area is 281 Å². The normalized spacial score (nSPS) is 14.9. The van der Waals surface area contributed by atoms with Crippen LogP contribution in [0.2, 0.25) is 0 Å². The van der Waals surface area contributed by atoms with Crippen molar-refractivity contribution < 1.29 is 4.79 Å². The summed E-state index contributed by atoms with van der Waals surface area (Å²) < 4.78 is 2.04. The number of hydrogen-bond acceptors (Lipinski definition) is 7. The molecule has 3 aromatic carbocycles. The number of pyridine rings is 1. The Morgan fingerprint density at radius 2 is 1.69 bits per heavy atom. The first kappa shape index (κ1) is 31.2. The zero-order valence-electron chi connectivity index (χ0n) is 27.4. The average Bonchev–Trinajstić information content (AvgIpc) is 3.74. The second-order valence-electron chi connectivity index (χ2n) is 12.6. The number of hydrogen-bond donors (Lipinski definition) is 2. The minimum atomic E-state index is -0.0711. The number of benzene rings is 3. The third-order valence-corrected chi connectivity index (χ3v) is 8.93. The molecule has 3 aromatic heterocycles. The predicted octanol–water partition coefficient (Wildman–Crippen LogP) is 6.56. The fourth-order valence-electron chi connectivity index (χ4n) is 6.38. The summed E-state index contributed by atoms with van der Waals surface area (Å²) >= 11 is 0. The van der Waals surface area contributed by atoms with E-state index in [2.05, 4.69) is 63.8 Å². The summed E-state index contributed by atoms with van der Waals surface area (Å²) in [6, 6.07) is 34.5. The van der Waals surface area contributed by atoms with Crippen LogP contribution in [0.4, 0.5) is 17.3 Å². The Bertz CT molecular complexity index is 2020. The molecule has 9 nitrogen and oxygen atoms in total. The fourth-order valence-corrected chi connectivity index (χ4v) is 6.38. The zero-order chi connectivity index (χ0) is 32.9. The summed E-state index contributed by atoms with van der Waals surface area (Å²) in [5.74, 6) is 0.440. The van der Waals surface area contributed by atoms with Crippen LogP contribution in [0.25, 0.3) is 28.3 Å². The van der Waals surface area contributed by atoms with Crippen LogP contribution in [0.3, 0.4) is 0 Å². The van der Waals surface area contributed by atoms with Gasteiger partial charge in [0.05, 0.1) is 23.5 Å². The minimum absolute atomic E-state index is 0.0711. The third kappa shape index (κ3) is 7.27. The van der Waals surface area contributed by atoms with Crippen LogP contribution in [-0.2, 0) is 17.6 Å². The maximum absolute atomic E-state index is 12.8. The molecule has 48 heavy (non-hydrogen) atoms. The Kier molecular flexibility index (Phi) is 9.22. The number of amides is 1. The highest BCUT2D eigenvalue weighted by Gasteiger charge is 2.23. The van der Waals surface area contributed by atoms with Crippen molar-refractivity contribution in [2.24, 2.45) is 0 Å². The van der Waals surface area contributed by atoms with Gasteiger partial charge in [-0.1, -0.05) is 60.7 Å². The van der Waals surface area contributed by atoms with Gasteiger partial charge >= 0.3 is 0 Å². The number of fused-ring (bicyclic) bond motifs is 1. The number of nitrogens with zero attached hydrogens (tertiary/aromatic N) is 6. The van der Waals surface area contributed by atoms with Gasteiger partial charge < -0.3 is 20.4 Å². The molecule has 6 aromatic rings. The summed E-state index contributed by atoms with van der Waals surface area (Å²) in [5, 5.41) is 6.49. The first-order valence-corrected chi connectivity index (χ1v) is 16.5. The Morgan fingerprint density at radius 1 is 0.875 bits per heavy atom. The standard InChI is InChI=1S/C39H40N8O/c1-45(2)33-19-23-46(27-33)22-18-29-12-8-14-31(24-29)42-39-40-20-17-34(43-39)38-37(44-35-16-6-7-21-47(35)38)30-13-9-15-32(26-30)41-36(48)25-28-10-4-3-5-11-28/h3-17,20-21,24,26,33H,18-19,22-23,25,27H2,1-2H3,(H,41,48)(H,40,42,43). The molecule has 0 aliphatic carbocycles. The number of anilines is 3. The van der Waals surface area contributed by atoms with Crippen molar-refractivity contribution in [3.8, 4) is 22.6 Å². The number of rotatable bonds is 11. The highest BCUT2D eigenvalue weighted by molar-refractivity contribution is 5.93. The first-order valence-electron chi connectivity index (χ1n) is 16.5. The number of aromatic nitrogens is 4. The summed E-state index contributed by atoms with van der Waals surface area (Å²) in [6.07, 6.45) is 6.29. The maximum Gasteiger partial charge on any atom is 0.228 e. The van der Waals surface area contributed by atoms with Crippen molar-refractivity contribution in [2.45, 2.75) is 25.3 Å². The lowest BCUT2D eigenvalue weighted by Gasteiger charge is -2.20. The van der Waals surface area contributed by atoms with E-state index in [0.717, 1.165) is 65.6 Å². The van der Waals surface area contributed by atoms with Crippen LogP contribution in [0.1, 0.15) is 17.5 Å². The molecule has 1 atom stereocenters. The molecule has 242 valence electrons. The Hall–Kier alpha value is -5.38. The van der Waals surface area contributed by atoms with Crippen molar-refractivity contribution in [1.29, 1.82) is 0 Å². The summed E-state index contributed by atoms with van der Waals surface area (Å²) in [4.78, 5) is 32.3. The lowest BCUT2D eigenvalue weighted by molar-refractivity contribution is -0.115. The van der Waals surface area contributed by atoms with E-state index in [-0.39, 0.29) is 5.91 Å². The van der Waals surface area contributed by atoms with Crippen LogP contribution in [0.15, 0.2) is 116 Å². The molecule has 1 saturated heterocycles. The molecular weight excluding hydrogens is 596 g/mol.